The van der Waals surface area contributed by atoms with E-state index in [1.165, 1.54) is 18.1 Å². The Labute approximate surface area is 230 Å². The van der Waals surface area contributed by atoms with Crippen LogP contribution in [0, 0.1) is 35.5 Å². The number of benzene rings is 1. The van der Waals surface area contributed by atoms with E-state index in [9.17, 15) is 14.7 Å². The molecule has 3 fully saturated rings. The lowest BCUT2D eigenvalue weighted by Gasteiger charge is -2.59. The van der Waals surface area contributed by atoms with E-state index in [0.717, 1.165) is 24.2 Å². The minimum absolute atomic E-state index is 0.0249. The summed E-state index contributed by atoms with van der Waals surface area (Å²) < 4.78 is 11.3. The van der Waals surface area contributed by atoms with Crippen molar-refractivity contribution in [3.63, 3.8) is 0 Å². The van der Waals surface area contributed by atoms with Crippen molar-refractivity contribution in [3.05, 3.63) is 53.6 Å². The number of allylic oxidation sites excluding steroid dienone is 4. The number of aryl methyl sites for hydroxylation is 1. The topological polar surface area (TPSA) is 97.6 Å². The highest BCUT2D eigenvalue weighted by atomic mass is 16.5. The van der Waals surface area contributed by atoms with E-state index in [1.54, 1.807) is 6.92 Å². The Morgan fingerprint density at radius 1 is 1.26 bits per heavy atom. The highest BCUT2D eigenvalue weighted by Crippen LogP contribution is 2.69. The van der Waals surface area contributed by atoms with Crippen LogP contribution in [0.5, 0.6) is 0 Å². The second kappa shape index (κ2) is 8.98. The van der Waals surface area contributed by atoms with Crippen LogP contribution in [-0.4, -0.2) is 52.8 Å². The van der Waals surface area contributed by atoms with Crippen molar-refractivity contribution < 1.29 is 24.2 Å². The number of ketones is 1. The summed E-state index contributed by atoms with van der Waals surface area (Å²) >= 11 is 0. The Bertz CT molecular complexity index is 1360. The van der Waals surface area contributed by atoms with Crippen molar-refractivity contribution in [2.45, 2.75) is 78.0 Å². The molecule has 1 aromatic carbocycles. The molecule has 7 nitrogen and oxygen atoms in total. The molecule has 4 aliphatic carbocycles. The van der Waals surface area contributed by atoms with Gasteiger partial charge in [0.2, 0.25) is 5.78 Å². The van der Waals surface area contributed by atoms with Crippen LogP contribution >= 0.6 is 0 Å². The molecule has 8 atom stereocenters. The quantitative estimate of drug-likeness (QED) is 0.548. The molecule has 1 aromatic rings. The molecule has 1 heterocycles. The van der Waals surface area contributed by atoms with Crippen LogP contribution in [0.1, 0.15) is 58.9 Å². The Balaban J connectivity index is 1.33. The predicted octanol–water partition coefficient (Wildman–Crippen LogP) is 5.08. The number of esters is 1. The molecule has 7 heteroatoms. The maximum atomic E-state index is 13.7. The van der Waals surface area contributed by atoms with Crippen molar-refractivity contribution in [1.29, 1.82) is 0 Å². The van der Waals surface area contributed by atoms with Crippen molar-refractivity contribution in [1.82, 2.24) is 0 Å². The van der Waals surface area contributed by atoms with E-state index in [-0.39, 0.29) is 35.6 Å². The molecule has 5 aliphatic rings. The van der Waals surface area contributed by atoms with Crippen molar-refractivity contribution in [3.8, 4) is 0 Å². The van der Waals surface area contributed by atoms with Gasteiger partial charge in [-0.25, -0.2) is 9.98 Å². The Hall–Kier alpha value is -3.06. The number of nitrogens with zero attached hydrogens (tertiary/aromatic N) is 2. The number of hydrogen-bond acceptors (Lipinski definition) is 7. The molecule has 0 amide bonds. The second-order valence-corrected chi connectivity index (χ2v) is 12.6. The minimum Gasteiger partial charge on any atom is -0.475 e. The minimum atomic E-state index is -1.14. The first kappa shape index (κ1) is 26.2. The number of aliphatic hydroxyl groups excluding tert-OH is 1. The number of aliphatic imine (C=N–C) groups is 2. The molecule has 6 rings (SSSR count). The molecule has 0 unspecified atom stereocenters. The summed E-state index contributed by atoms with van der Waals surface area (Å²) in [6.45, 7) is 9.18. The molecule has 39 heavy (non-hydrogen) atoms. The van der Waals surface area contributed by atoms with E-state index < -0.39 is 29.1 Å². The van der Waals surface area contributed by atoms with Gasteiger partial charge in [0.05, 0.1) is 17.5 Å². The first-order valence-electron chi connectivity index (χ1n) is 14.1. The van der Waals surface area contributed by atoms with Gasteiger partial charge in [-0.2, -0.15) is 0 Å². The Kier molecular flexibility index (Phi) is 6.03. The van der Waals surface area contributed by atoms with Crippen LogP contribution in [0.15, 0.2) is 58.1 Å². The lowest BCUT2D eigenvalue weighted by atomic mass is 9.46. The third-order valence-corrected chi connectivity index (χ3v) is 10.4. The molecule has 0 spiro atoms. The number of hydrogen-bond donors (Lipinski definition) is 1. The monoisotopic (exact) mass is 530 g/mol. The van der Waals surface area contributed by atoms with Gasteiger partial charge in [0.15, 0.2) is 18.0 Å². The standard InChI is InChI=1S/C32H38N2O5/c1-18-7-6-8-22(13-18)33-23-11-12-30(4)21(14-23)9-10-24-25-15-28-32(34-19(2)39-28,27(37)17-38-20(3)35)31(25,5)16-26(36)29(24)30/h6-8,11-14,24-26,28-29,36H,9-10,15-17H2,1-5H3/b33-23+/t24-,25-,26-,28+,29+,30-,31-,32+/m0/s1. The van der Waals surface area contributed by atoms with Gasteiger partial charge in [-0.1, -0.05) is 37.6 Å². The number of carbonyl (C=O) groups is 2. The first-order valence-corrected chi connectivity index (χ1v) is 14.1. The highest BCUT2D eigenvalue weighted by molar-refractivity contribution is 6.07. The summed E-state index contributed by atoms with van der Waals surface area (Å²) in [5, 5.41) is 11.9. The van der Waals surface area contributed by atoms with E-state index >= 15 is 0 Å². The van der Waals surface area contributed by atoms with Crippen molar-refractivity contribution in [2.75, 3.05) is 6.61 Å². The lowest BCUT2D eigenvalue weighted by molar-refractivity contribution is -0.154. The first-order chi connectivity index (χ1) is 18.5. The van der Waals surface area contributed by atoms with Gasteiger partial charge in [0, 0.05) is 30.6 Å². The van der Waals surface area contributed by atoms with E-state index in [1.807, 2.05) is 12.1 Å². The number of ether oxygens (including phenoxy) is 2. The number of fused-ring (bicyclic) bond motifs is 7. The van der Waals surface area contributed by atoms with Gasteiger partial charge in [0.1, 0.15) is 6.10 Å². The van der Waals surface area contributed by atoms with E-state index in [0.29, 0.717) is 18.7 Å². The average molecular weight is 531 g/mol. The Morgan fingerprint density at radius 3 is 2.79 bits per heavy atom. The number of aliphatic hydroxyl groups is 1. The zero-order chi connectivity index (χ0) is 27.7. The summed E-state index contributed by atoms with van der Waals surface area (Å²) in [7, 11) is 0. The Morgan fingerprint density at radius 2 is 2.05 bits per heavy atom. The summed E-state index contributed by atoms with van der Waals surface area (Å²) in [6, 6.07) is 8.19. The molecular weight excluding hydrogens is 492 g/mol. The lowest BCUT2D eigenvalue weighted by Crippen LogP contribution is -2.62. The zero-order valence-electron chi connectivity index (χ0n) is 23.4. The molecule has 0 saturated heterocycles. The third kappa shape index (κ3) is 3.80. The molecule has 0 radical (unpaired) electrons. The zero-order valence-corrected chi connectivity index (χ0v) is 23.4. The van der Waals surface area contributed by atoms with Crippen molar-refractivity contribution >= 4 is 29.0 Å². The normalized spacial score (nSPS) is 41.0. The van der Waals surface area contributed by atoms with Crippen LogP contribution in [0.3, 0.4) is 0 Å². The van der Waals surface area contributed by atoms with Gasteiger partial charge in [0.25, 0.3) is 0 Å². The van der Waals surface area contributed by atoms with Crippen LogP contribution in [0.4, 0.5) is 5.69 Å². The van der Waals surface area contributed by atoms with Gasteiger partial charge in [-0.3, -0.25) is 9.59 Å². The van der Waals surface area contributed by atoms with Gasteiger partial charge < -0.3 is 14.6 Å². The van der Waals surface area contributed by atoms with Crippen LogP contribution in [0.2, 0.25) is 0 Å². The third-order valence-electron chi connectivity index (χ3n) is 10.4. The fraction of sp³-hybridized carbons (Fsp3) is 0.562. The SMILES string of the molecule is CC(=O)OCC(=O)[C@@]12N=C(C)O[C@@H]1C[C@H]1[C@@H]3CCC4=C/C(=N/c5cccc(C)c5)C=C[C@]4(C)[C@H]3[C@@H](O)C[C@@]12C. The second-order valence-electron chi connectivity index (χ2n) is 12.6. The fourth-order valence-corrected chi connectivity index (χ4v) is 8.89. The van der Waals surface area contributed by atoms with Gasteiger partial charge in [-0.05, 0) is 74.3 Å². The summed E-state index contributed by atoms with van der Waals surface area (Å²) in [4.78, 5) is 35.0. The molecule has 1 N–H and O–H groups in total. The predicted molar refractivity (Wildman–Crippen MR) is 149 cm³/mol. The van der Waals surface area contributed by atoms with Crippen LogP contribution in [0.25, 0.3) is 0 Å². The highest BCUT2D eigenvalue weighted by Gasteiger charge is 2.74. The molecule has 0 bridgehead atoms. The molecular formula is C32H38N2O5. The number of rotatable bonds is 4. The van der Waals surface area contributed by atoms with E-state index in [4.69, 9.17) is 19.5 Å². The smallest absolute Gasteiger partial charge is 0.303 e. The summed E-state index contributed by atoms with van der Waals surface area (Å²) in [5.41, 5.74) is 2.33. The average Bonchev–Trinajstić information content (AvgIpc) is 3.33. The number of Topliss-reactive ketones (excluding diaryl/α,β-unsaturated/α-hetero) is 1. The summed E-state index contributed by atoms with van der Waals surface area (Å²) in [6.07, 6.45) is 8.53. The number of carbonyl (C=O) groups excluding carboxylic acids is 2. The molecule has 0 aromatic heterocycles. The molecule has 206 valence electrons. The fourth-order valence-electron chi connectivity index (χ4n) is 8.89. The van der Waals surface area contributed by atoms with Crippen molar-refractivity contribution in [2.24, 2.45) is 38.6 Å². The molecule has 3 saturated carbocycles. The maximum absolute atomic E-state index is 13.7. The van der Waals surface area contributed by atoms with Gasteiger partial charge >= 0.3 is 5.97 Å². The van der Waals surface area contributed by atoms with Crippen LogP contribution < -0.4 is 0 Å². The molecule has 1 aliphatic heterocycles. The van der Waals surface area contributed by atoms with Gasteiger partial charge in [-0.15, -0.1) is 0 Å². The van der Waals surface area contributed by atoms with E-state index in [2.05, 4.69) is 51.1 Å². The summed E-state index contributed by atoms with van der Waals surface area (Å²) in [5.74, 6) is 0.161. The maximum Gasteiger partial charge on any atom is 0.303 e. The van der Waals surface area contributed by atoms with Crippen LogP contribution in [-0.2, 0) is 19.1 Å². The largest absolute Gasteiger partial charge is 0.475 e.